The van der Waals surface area contributed by atoms with Crippen LogP contribution in [0.25, 0.3) is 0 Å². The molecule has 0 bridgehead atoms. The number of nitrogens with one attached hydrogen (secondary N) is 2. The van der Waals surface area contributed by atoms with E-state index in [4.69, 9.17) is 5.73 Å². The predicted molar refractivity (Wildman–Crippen MR) is 77.3 cm³/mol. The Morgan fingerprint density at radius 3 is 2.50 bits per heavy atom. The van der Waals surface area contributed by atoms with Crippen molar-refractivity contribution in [3.05, 3.63) is 35.4 Å². The summed E-state index contributed by atoms with van der Waals surface area (Å²) >= 11 is 0. The predicted octanol–water partition coefficient (Wildman–Crippen LogP) is 0.586. The second-order valence-corrected chi connectivity index (χ2v) is 5.08. The van der Waals surface area contributed by atoms with Crippen LogP contribution in [0.4, 0.5) is 0 Å². The minimum atomic E-state index is -0.150. The van der Waals surface area contributed by atoms with E-state index in [1.165, 1.54) is 0 Å². The van der Waals surface area contributed by atoms with Gasteiger partial charge >= 0.3 is 0 Å². The van der Waals surface area contributed by atoms with Crippen molar-refractivity contribution < 1.29 is 9.59 Å². The highest BCUT2D eigenvalue weighted by Crippen LogP contribution is 2.18. The molecule has 0 spiro atoms. The van der Waals surface area contributed by atoms with E-state index in [2.05, 4.69) is 10.6 Å². The molecule has 2 rings (SSSR count). The van der Waals surface area contributed by atoms with Crippen molar-refractivity contribution in [1.82, 2.24) is 10.6 Å². The second kappa shape index (κ2) is 7.05. The van der Waals surface area contributed by atoms with Crippen LogP contribution >= 0.6 is 0 Å². The lowest BCUT2D eigenvalue weighted by molar-refractivity contribution is -0.121. The van der Waals surface area contributed by atoms with Crippen molar-refractivity contribution >= 4 is 11.8 Å². The Bertz CT molecular complexity index is 467. The molecule has 20 heavy (non-hydrogen) atoms. The average molecular weight is 275 g/mol. The summed E-state index contributed by atoms with van der Waals surface area (Å²) in [5.41, 5.74) is 7.20. The van der Waals surface area contributed by atoms with E-state index < -0.39 is 0 Å². The van der Waals surface area contributed by atoms with Crippen molar-refractivity contribution in [1.29, 1.82) is 0 Å². The van der Waals surface area contributed by atoms with Gasteiger partial charge < -0.3 is 16.4 Å². The molecule has 1 aliphatic rings. The number of carbonyl (C=O) groups is 2. The van der Waals surface area contributed by atoms with Gasteiger partial charge in [-0.15, -0.1) is 0 Å². The fraction of sp³-hybridized carbons (Fsp3) is 0.467. The average Bonchev–Trinajstić information content (AvgIpc) is 3.23. The molecule has 2 amide bonds. The van der Waals surface area contributed by atoms with Crippen LogP contribution in [0, 0.1) is 0 Å². The molecule has 108 valence electrons. The van der Waals surface area contributed by atoms with Gasteiger partial charge in [-0.3, -0.25) is 9.59 Å². The third kappa shape index (κ3) is 4.66. The monoisotopic (exact) mass is 275 g/mol. The maximum Gasteiger partial charge on any atom is 0.251 e. The first-order valence-corrected chi connectivity index (χ1v) is 7.05. The molecular weight excluding hydrogens is 254 g/mol. The van der Waals surface area contributed by atoms with Crippen molar-refractivity contribution in [2.45, 2.75) is 31.7 Å². The molecule has 0 aliphatic heterocycles. The van der Waals surface area contributed by atoms with Crippen LogP contribution in [-0.2, 0) is 11.2 Å². The van der Waals surface area contributed by atoms with E-state index in [-0.39, 0.29) is 11.8 Å². The Hall–Kier alpha value is -1.88. The smallest absolute Gasteiger partial charge is 0.251 e. The number of hydrogen-bond acceptors (Lipinski definition) is 3. The lowest BCUT2D eigenvalue weighted by Gasteiger charge is -2.06. The molecule has 0 unspecified atom stereocenters. The van der Waals surface area contributed by atoms with Gasteiger partial charge in [-0.25, -0.2) is 0 Å². The quantitative estimate of drug-likeness (QED) is 0.681. The Morgan fingerprint density at radius 2 is 1.90 bits per heavy atom. The SMILES string of the molecule is NCCc1ccc(C(=O)NCCC(=O)NC2CC2)cc1. The van der Waals surface area contributed by atoms with Crippen molar-refractivity contribution in [3.8, 4) is 0 Å². The van der Waals surface area contributed by atoms with E-state index in [0.29, 0.717) is 31.1 Å². The van der Waals surface area contributed by atoms with Crippen LogP contribution in [0.5, 0.6) is 0 Å². The maximum absolute atomic E-state index is 11.9. The molecule has 0 saturated heterocycles. The van der Waals surface area contributed by atoms with E-state index in [9.17, 15) is 9.59 Å². The standard InChI is InChI=1S/C15H21N3O2/c16-9-7-11-1-3-12(4-2-11)15(20)17-10-8-14(19)18-13-5-6-13/h1-4,13H,5-10,16H2,(H,17,20)(H,18,19). The van der Waals surface area contributed by atoms with Crippen LogP contribution in [0.3, 0.4) is 0 Å². The van der Waals surface area contributed by atoms with Crippen molar-refractivity contribution in [2.24, 2.45) is 5.73 Å². The molecule has 1 aromatic carbocycles. The van der Waals surface area contributed by atoms with Gasteiger partial charge in [0.15, 0.2) is 0 Å². The van der Waals surface area contributed by atoms with Gasteiger partial charge in [0.2, 0.25) is 5.91 Å². The number of hydrogen-bond donors (Lipinski definition) is 3. The molecule has 5 nitrogen and oxygen atoms in total. The Kier molecular flexibility index (Phi) is 5.12. The van der Waals surface area contributed by atoms with Gasteiger partial charge in [0.25, 0.3) is 5.91 Å². The second-order valence-electron chi connectivity index (χ2n) is 5.08. The van der Waals surface area contributed by atoms with Crippen LogP contribution in [0.15, 0.2) is 24.3 Å². The van der Waals surface area contributed by atoms with Gasteiger partial charge in [0.05, 0.1) is 0 Å². The maximum atomic E-state index is 11.9. The number of rotatable bonds is 7. The first-order chi connectivity index (χ1) is 9.69. The van der Waals surface area contributed by atoms with Crippen molar-refractivity contribution in [3.63, 3.8) is 0 Å². The highest BCUT2D eigenvalue weighted by molar-refractivity contribution is 5.94. The minimum Gasteiger partial charge on any atom is -0.353 e. The lowest BCUT2D eigenvalue weighted by Crippen LogP contribution is -2.31. The number of carbonyl (C=O) groups excluding carboxylic acids is 2. The third-order valence-corrected chi connectivity index (χ3v) is 3.23. The fourth-order valence-corrected chi connectivity index (χ4v) is 1.91. The molecule has 0 heterocycles. The van der Waals surface area contributed by atoms with Crippen LogP contribution < -0.4 is 16.4 Å². The molecule has 1 aromatic rings. The highest BCUT2D eigenvalue weighted by atomic mass is 16.2. The molecule has 4 N–H and O–H groups in total. The summed E-state index contributed by atoms with van der Waals surface area (Å²) in [5.74, 6) is -0.144. The van der Waals surface area contributed by atoms with Gasteiger partial charge in [-0.2, -0.15) is 0 Å². The molecule has 5 heteroatoms. The molecular formula is C15H21N3O2. The van der Waals surface area contributed by atoms with E-state index in [0.717, 1.165) is 24.8 Å². The summed E-state index contributed by atoms with van der Waals surface area (Å²) in [6.45, 7) is 0.962. The normalized spacial score (nSPS) is 13.8. The molecule has 0 aromatic heterocycles. The zero-order chi connectivity index (χ0) is 14.4. The Labute approximate surface area is 118 Å². The van der Waals surface area contributed by atoms with E-state index >= 15 is 0 Å². The van der Waals surface area contributed by atoms with Crippen LogP contribution in [0.1, 0.15) is 35.2 Å². The number of benzene rings is 1. The molecule has 0 radical (unpaired) electrons. The largest absolute Gasteiger partial charge is 0.353 e. The summed E-state index contributed by atoms with van der Waals surface area (Å²) in [6.07, 6.45) is 3.29. The molecule has 0 atom stereocenters. The third-order valence-electron chi connectivity index (χ3n) is 3.23. The van der Waals surface area contributed by atoms with Crippen molar-refractivity contribution in [2.75, 3.05) is 13.1 Å². The fourth-order valence-electron chi connectivity index (χ4n) is 1.91. The first kappa shape index (κ1) is 14.5. The highest BCUT2D eigenvalue weighted by Gasteiger charge is 2.22. The molecule has 1 aliphatic carbocycles. The number of amides is 2. The minimum absolute atomic E-state index is 0.00564. The number of nitrogens with two attached hydrogens (primary N) is 1. The summed E-state index contributed by atoms with van der Waals surface area (Å²) in [5, 5.41) is 5.64. The summed E-state index contributed by atoms with van der Waals surface area (Å²) in [6, 6.07) is 7.74. The summed E-state index contributed by atoms with van der Waals surface area (Å²) in [7, 11) is 0. The zero-order valence-electron chi connectivity index (χ0n) is 11.5. The Balaban J connectivity index is 1.71. The van der Waals surface area contributed by atoms with Gasteiger partial charge in [0, 0.05) is 24.6 Å². The van der Waals surface area contributed by atoms with E-state index in [1.54, 1.807) is 12.1 Å². The zero-order valence-corrected chi connectivity index (χ0v) is 11.5. The summed E-state index contributed by atoms with van der Waals surface area (Å²) < 4.78 is 0. The van der Waals surface area contributed by atoms with E-state index in [1.807, 2.05) is 12.1 Å². The lowest BCUT2D eigenvalue weighted by atomic mass is 10.1. The summed E-state index contributed by atoms with van der Waals surface area (Å²) in [4.78, 5) is 23.3. The molecule has 1 saturated carbocycles. The van der Waals surface area contributed by atoms with Crippen LogP contribution in [0.2, 0.25) is 0 Å². The van der Waals surface area contributed by atoms with Gasteiger partial charge in [-0.1, -0.05) is 12.1 Å². The Morgan fingerprint density at radius 1 is 1.20 bits per heavy atom. The topological polar surface area (TPSA) is 84.2 Å². The van der Waals surface area contributed by atoms with Gasteiger partial charge in [-0.05, 0) is 43.5 Å². The first-order valence-electron chi connectivity index (χ1n) is 7.05. The van der Waals surface area contributed by atoms with Crippen LogP contribution in [-0.4, -0.2) is 30.9 Å². The van der Waals surface area contributed by atoms with Gasteiger partial charge in [0.1, 0.15) is 0 Å². The molecule has 1 fully saturated rings.